The molecule has 0 saturated heterocycles. The third kappa shape index (κ3) is 4.52. The number of anilines is 2. The number of fused-ring (bicyclic) bond motifs is 2. The summed E-state index contributed by atoms with van der Waals surface area (Å²) < 4.78 is 5.71. The first-order valence-corrected chi connectivity index (χ1v) is 7.98. The van der Waals surface area contributed by atoms with E-state index < -0.39 is 0 Å². The molecule has 0 atom stereocenters. The molecular formula is C19H25NO. The number of benzene rings is 2. The van der Waals surface area contributed by atoms with Crippen molar-refractivity contribution in [1.82, 2.24) is 0 Å². The van der Waals surface area contributed by atoms with Gasteiger partial charge in [-0.05, 0) is 24.3 Å². The predicted molar refractivity (Wildman–Crippen MR) is 90.7 cm³/mol. The van der Waals surface area contributed by atoms with E-state index in [1.54, 1.807) is 0 Å². The third-order valence-electron chi connectivity index (χ3n) is 3.47. The molecule has 0 unspecified atom stereocenters. The van der Waals surface area contributed by atoms with Crippen molar-refractivity contribution in [1.29, 1.82) is 0 Å². The summed E-state index contributed by atoms with van der Waals surface area (Å²) in [5.41, 5.74) is 2.04. The van der Waals surface area contributed by atoms with Crippen LogP contribution in [0.4, 0.5) is 11.4 Å². The second-order valence-electron chi connectivity index (χ2n) is 5.28. The van der Waals surface area contributed by atoms with Gasteiger partial charge in [0.2, 0.25) is 0 Å². The van der Waals surface area contributed by atoms with Crippen molar-refractivity contribution in [2.45, 2.75) is 46.0 Å². The zero-order valence-corrected chi connectivity index (χ0v) is 13.1. The van der Waals surface area contributed by atoms with Crippen molar-refractivity contribution in [3.05, 3.63) is 48.5 Å². The zero-order valence-electron chi connectivity index (χ0n) is 13.1. The van der Waals surface area contributed by atoms with Gasteiger partial charge in [-0.25, -0.2) is 0 Å². The second kappa shape index (κ2) is 8.35. The highest BCUT2D eigenvalue weighted by Gasteiger charge is 2.13. The minimum atomic E-state index is 0.881. The molecule has 0 radical (unpaired) electrons. The Morgan fingerprint density at radius 1 is 0.714 bits per heavy atom. The molecule has 1 heterocycles. The first-order chi connectivity index (χ1) is 10.3. The minimum absolute atomic E-state index is 0.881. The number of unbranched alkanes of at least 4 members (excludes halogenated alkanes) is 4. The topological polar surface area (TPSA) is 21.3 Å². The van der Waals surface area contributed by atoms with Gasteiger partial charge < -0.3 is 10.1 Å². The van der Waals surface area contributed by atoms with Crippen LogP contribution in [-0.2, 0) is 0 Å². The molecule has 2 nitrogen and oxygen atoms in total. The molecule has 0 spiro atoms. The highest BCUT2D eigenvalue weighted by molar-refractivity contribution is 5.75. The summed E-state index contributed by atoms with van der Waals surface area (Å²) in [6.45, 7) is 4.49. The molecule has 2 heteroatoms. The quantitative estimate of drug-likeness (QED) is 0.551. The molecule has 1 aliphatic heterocycles. The third-order valence-corrected chi connectivity index (χ3v) is 3.47. The van der Waals surface area contributed by atoms with Crippen LogP contribution >= 0.6 is 0 Å². The molecule has 21 heavy (non-hydrogen) atoms. The lowest BCUT2D eigenvalue weighted by Crippen LogP contribution is -2.01. The summed E-state index contributed by atoms with van der Waals surface area (Å²) in [5.74, 6) is 1.76. The molecule has 0 aromatic heterocycles. The summed E-state index contributed by atoms with van der Waals surface area (Å²) in [6.07, 6.45) is 7.01. The molecule has 0 amide bonds. The lowest BCUT2D eigenvalue weighted by Gasteiger charge is -2.20. The number of hydrogen-bond donors (Lipinski definition) is 1. The van der Waals surface area contributed by atoms with Crippen molar-refractivity contribution < 1.29 is 4.74 Å². The summed E-state index contributed by atoms with van der Waals surface area (Å²) in [6, 6.07) is 15.8. The monoisotopic (exact) mass is 283 g/mol. The first kappa shape index (κ1) is 15.4. The van der Waals surface area contributed by atoms with E-state index in [4.69, 9.17) is 4.74 Å². The maximum atomic E-state index is 5.71. The average molecular weight is 283 g/mol. The largest absolute Gasteiger partial charge is 0.453 e. The van der Waals surface area contributed by atoms with Gasteiger partial charge in [0.25, 0.3) is 0 Å². The fourth-order valence-corrected chi connectivity index (χ4v) is 2.26. The SMILES string of the molecule is CCCCCCC.c1ccc2c(c1)Nc1ccccc1O2. The Labute approximate surface area is 128 Å². The van der Waals surface area contributed by atoms with Crippen molar-refractivity contribution in [2.75, 3.05) is 5.32 Å². The summed E-state index contributed by atoms with van der Waals surface area (Å²) in [4.78, 5) is 0. The van der Waals surface area contributed by atoms with Crippen molar-refractivity contribution in [3.63, 3.8) is 0 Å². The molecule has 0 aliphatic carbocycles. The van der Waals surface area contributed by atoms with E-state index in [0.717, 1.165) is 22.9 Å². The fourth-order valence-electron chi connectivity index (χ4n) is 2.26. The second-order valence-corrected chi connectivity index (χ2v) is 5.28. The van der Waals surface area contributed by atoms with Gasteiger partial charge in [0, 0.05) is 0 Å². The predicted octanol–water partition coefficient (Wildman–Crippen LogP) is 6.51. The summed E-state index contributed by atoms with van der Waals surface area (Å²) in [5, 5.41) is 3.32. The van der Waals surface area contributed by atoms with E-state index >= 15 is 0 Å². The van der Waals surface area contributed by atoms with Crippen LogP contribution < -0.4 is 10.1 Å². The zero-order chi connectivity index (χ0) is 14.9. The van der Waals surface area contributed by atoms with Crippen LogP contribution in [0.5, 0.6) is 11.5 Å². The standard InChI is InChI=1S/C12H9NO.C7H16/c1-3-7-11-9(5-1)13-10-6-2-4-8-12(10)14-11;1-3-5-7-6-4-2/h1-8,13H;3-7H2,1-2H3. The van der Waals surface area contributed by atoms with E-state index in [0.29, 0.717) is 0 Å². The lowest BCUT2D eigenvalue weighted by atomic mass is 10.2. The van der Waals surface area contributed by atoms with Gasteiger partial charge in [-0.3, -0.25) is 0 Å². The van der Waals surface area contributed by atoms with Crippen molar-refractivity contribution in [2.24, 2.45) is 0 Å². The Balaban J connectivity index is 0.000000199. The number of hydrogen-bond acceptors (Lipinski definition) is 2. The summed E-state index contributed by atoms with van der Waals surface area (Å²) >= 11 is 0. The molecule has 0 bridgehead atoms. The molecule has 2 aromatic rings. The van der Waals surface area contributed by atoms with Gasteiger partial charge in [0.1, 0.15) is 0 Å². The van der Waals surface area contributed by atoms with Crippen molar-refractivity contribution in [3.8, 4) is 11.5 Å². The molecule has 0 fully saturated rings. The van der Waals surface area contributed by atoms with Crippen LogP contribution in [0.3, 0.4) is 0 Å². The smallest absolute Gasteiger partial charge is 0.150 e. The van der Waals surface area contributed by atoms with Crippen LogP contribution in [0.15, 0.2) is 48.5 Å². The van der Waals surface area contributed by atoms with E-state index in [2.05, 4.69) is 19.2 Å². The Bertz CT molecular complexity index is 459. The van der Waals surface area contributed by atoms with Crippen LogP contribution in [0.25, 0.3) is 0 Å². The fraction of sp³-hybridized carbons (Fsp3) is 0.368. The van der Waals surface area contributed by atoms with E-state index in [1.807, 2.05) is 48.5 Å². The summed E-state index contributed by atoms with van der Waals surface area (Å²) in [7, 11) is 0. The first-order valence-electron chi connectivity index (χ1n) is 7.98. The molecule has 1 N–H and O–H groups in total. The number of nitrogens with one attached hydrogen (secondary N) is 1. The van der Waals surface area contributed by atoms with Gasteiger partial charge in [-0.1, -0.05) is 70.2 Å². The maximum absolute atomic E-state index is 5.71. The van der Waals surface area contributed by atoms with Crippen LogP contribution in [0.1, 0.15) is 46.0 Å². The number of ether oxygens (including phenoxy) is 1. The minimum Gasteiger partial charge on any atom is -0.453 e. The van der Waals surface area contributed by atoms with Gasteiger partial charge in [0.15, 0.2) is 11.5 Å². The van der Waals surface area contributed by atoms with Gasteiger partial charge >= 0.3 is 0 Å². The van der Waals surface area contributed by atoms with Crippen LogP contribution in [-0.4, -0.2) is 0 Å². The Morgan fingerprint density at radius 2 is 1.19 bits per heavy atom. The lowest BCUT2D eigenvalue weighted by molar-refractivity contribution is 0.481. The van der Waals surface area contributed by atoms with Crippen LogP contribution in [0.2, 0.25) is 0 Å². The van der Waals surface area contributed by atoms with E-state index in [-0.39, 0.29) is 0 Å². The molecule has 3 rings (SSSR count). The average Bonchev–Trinajstić information content (AvgIpc) is 2.54. The molecule has 112 valence electrons. The molecule has 2 aromatic carbocycles. The Hall–Kier alpha value is -1.96. The van der Waals surface area contributed by atoms with Crippen LogP contribution in [0, 0.1) is 0 Å². The normalized spacial score (nSPS) is 11.1. The van der Waals surface area contributed by atoms with Gasteiger partial charge in [0.05, 0.1) is 11.4 Å². The van der Waals surface area contributed by atoms with Gasteiger partial charge in [-0.15, -0.1) is 0 Å². The van der Waals surface area contributed by atoms with E-state index in [9.17, 15) is 0 Å². The highest BCUT2D eigenvalue weighted by atomic mass is 16.5. The van der Waals surface area contributed by atoms with Crippen molar-refractivity contribution >= 4 is 11.4 Å². The molecule has 0 saturated carbocycles. The number of rotatable bonds is 4. The van der Waals surface area contributed by atoms with E-state index in [1.165, 1.54) is 32.1 Å². The maximum Gasteiger partial charge on any atom is 0.150 e. The Kier molecular flexibility index (Phi) is 6.14. The Morgan fingerprint density at radius 3 is 1.67 bits per heavy atom. The number of para-hydroxylation sites is 4. The molecule has 1 aliphatic rings. The molecular weight excluding hydrogens is 258 g/mol. The highest BCUT2D eigenvalue weighted by Crippen LogP contribution is 2.40. The van der Waals surface area contributed by atoms with Gasteiger partial charge in [-0.2, -0.15) is 0 Å².